The second kappa shape index (κ2) is 8.73. The average Bonchev–Trinajstić information content (AvgIpc) is 2.71. The normalized spacial score (nSPS) is 10.6. The van der Waals surface area contributed by atoms with Gasteiger partial charge in [-0.15, -0.1) is 0 Å². The highest BCUT2D eigenvalue weighted by atomic mass is 16.5. The molecule has 0 bridgehead atoms. The summed E-state index contributed by atoms with van der Waals surface area (Å²) in [7, 11) is 1.57. The highest BCUT2D eigenvalue weighted by Crippen LogP contribution is 2.29. The first-order valence-electron chi connectivity index (χ1n) is 9.59. The van der Waals surface area contributed by atoms with Gasteiger partial charge in [-0.25, -0.2) is 4.68 Å². The lowest BCUT2D eigenvalue weighted by molar-refractivity contribution is -0.116. The summed E-state index contributed by atoms with van der Waals surface area (Å²) in [6.45, 7) is 5.61. The molecule has 1 N–H and O–H groups in total. The topological polar surface area (TPSA) is 73.2 Å². The average molecular weight is 391 g/mol. The third-order valence-electron chi connectivity index (χ3n) is 4.63. The second-order valence-electron chi connectivity index (χ2n) is 6.92. The van der Waals surface area contributed by atoms with Crippen LogP contribution in [0.5, 0.6) is 5.75 Å². The van der Waals surface area contributed by atoms with E-state index >= 15 is 0 Å². The molecule has 0 atom stereocenters. The van der Waals surface area contributed by atoms with Crippen LogP contribution in [0.2, 0.25) is 0 Å². The minimum atomic E-state index is -0.228. The standard InChI is InChI=1S/C23H25N3O3/c1-5-7-20(27)24-23-21(17-8-6-9-19(14-17)29-4)22(28)16(3)25-26(23)18-12-10-15(2)11-13-18/h6,8-14H,5,7H2,1-4H3,(H,24,27). The molecule has 0 spiro atoms. The summed E-state index contributed by atoms with van der Waals surface area (Å²) in [5.41, 5.74) is 3.03. The molecule has 6 heteroatoms. The van der Waals surface area contributed by atoms with E-state index in [1.807, 2.05) is 56.3 Å². The highest BCUT2D eigenvalue weighted by Gasteiger charge is 2.20. The van der Waals surface area contributed by atoms with Crippen LogP contribution in [0.1, 0.15) is 31.0 Å². The van der Waals surface area contributed by atoms with Crippen molar-refractivity contribution in [1.82, 2.24) is 9.78 Å². The maximum absolute atomic E-state index is 13.1. The maximum atomic E-state index is 13.1. The first-order valence-corrected chi connectivity index (χ1v) is 9.59. The molecular formula is C23H25N3O3. The number of carbonyl (C=O) groups is 1. The van der Waals surface area contributed by atoms with Gasteiger partial charge in [-0.3, -0.25) is 9.59 Å². The van der Waals surface area contributed by atoms with Crippen LogP contribution in [0.4, 0.5) is 5.82 Å². The summed E-state index contributed by atoms with van der Waals surface area (Å²) in [6, 6.07) is 15.0. The fraction of sp³-hybridized carbons (Fsp3) is 0.261. The molecule has 0 saturated heterocycles. The molecule has 0 aliphatic carbocycles. The number of hydrogen-bond donors (Lipinski definition) is 1. The fourth-order valence-corrected chi connectivity index (χ4v) is 3.10. The van der Waals surface area contributed by atoms with Crippen molar-refractivity contribution in [3.8, 4) is 22.6 Å². The van der Waals surface area contributed by atoms with Crippen LogP contribution in [0, 0.1) is 13.8 Å². The van der Waals surface area contributed by atoms with Gasteiger partial charge in [-0.2, -0.15) is 5.10 Å². The summed E-state index contributed by atoms with van der Waals surface area (Å²) >= 11 is 0. The maximum Gasteiger partial charge on any atom is 0.225 e. The van der Waals surface area contributed by atoms with Crippen LogP contribution >= 0.6 is 0 Å². The van der Waals surface area contributed by atoms with Crippen molar-refractivity contribution in [2.45, 2.75) is 33.6 Å². The molecule has 150 valence electrons. The van der Waals surface area contributed by atoms with E-state index in [0.29, 0.717) is 41.2 Å². The lowest BCUT2D eigenvalue weighted by atomic mass is 10.0. The van der Waals surface area contributed by atoms with Crippen molar-refractivity contribution in [3.63, 3.8) is 0 Å². The van der Waals surface area contributed by atoms with E-state index in [1.165, 1.54) is 0 Å². The largest absolute Gasteiger partial charge is 0.497 e. The van der Waals surface area contributed by atoms with E-state index in [9.17, 15) is 9.59 Å². The predicted octanol–water partition coefficient (Wildman–Crippen LogP) is 4.26. The molecule has 0 unspecified atom stereocenters. The van der Waals surface area contributed by atoms with Gasteiger partial charge >= 0.3 is 0 Å². The van der Waals surface area contributed by atoms with Crippen molar-refractivity contribution in [2.75, 3.05) is 12.4 Å². The van der Waals surface area contributed by atoms with Crippen LogP contribution in [0.15, 0.2) is 53.3 Å². The number of carbonyl (C=O) groups excluding carboxylic acids is 1. The zero-order chi connectivity index (χ0) is 21.0. The molecule has 1 heterocycles. The molecule has 1 amide bonds. The number of hydrogen-bond acceptors (Lipinski definition) is 4. The summed E-state index contributed by atoms with van der Waals surface area (Å²) in [5, 5.41) is 7.39. The van der Waals surface area contributed by atoms with Crippen LogP contribution in [0.3, 0.4) is 0 Å². The molecule has 1 aromatic heterocycles. The number of nitrogens with one attached hydrogen (secondary N) is 1. The zero-order valence-corrected chi connectivity index (χ0v) is 17.2. The van der Waals surface area contributed by atoms with Gasteiger partial charge < -0.3 is 10.1 Å². The number of amides is 1. The predicted molar refractivity (Wildman–Crippen MR) is 115 cm³/mol. The van der Waals surface area contributed by atoms with Crippen molar-refractivity contribution in [2.24, 2.45) is 0 Å². The van der Waals surface area contributed by atoms with Gasteiger partial charge in [-0.1, -0.05) is 36.8 Å². The van der Waals surface area contributed by atoms with E-state index in [0.717, 1.165) is 11.3 Å². The summed E-state index contributed by atoms with van der Waals surface area (Å²) in [5.74, 6) is 0.822. The highest BCUT2D eigenvalue weighted by molar-refractivity contribution is 5.94. The summed E-state index contributed by atoms with van der Waals surface area (Å²) < 4.78 is 6.95. The number of aromatic nitrogens is 2. The molecule has 0 saturated carbocycles. The van der Waals surface area contributed by atoms with Gasteiger partial charge in [0.25, 0.3) is 0 Å². The Morgan fingerprint density at radius 3 is 2.52 bits per heavy atom. The van der Waals surface area contributed by atoms with Crippen molar-refractivity contribution >= 4 is 11.7 Å². The van der Waals surface area contributed by atoms with Crippen LogP contribution in [0.25, 0.3) is 16.8 Å². The van der Waals surface area contributed by atoms with E-state index in [2.05, 4.69) is 10.4 Å². The number of ether oxygens (including phenoxy) is 1. The van der Waals surface area contributed by atoms with Gasteiger partial charge in [0.15, 0.2) is 0 Å². The Balaban J connectivity index is 2.31. The summed E-state index contributed by atoms with van der Waals surface area (Å²) in [4.78, 5) is 25.6. The van der Waals surface area contributed by atoms with Crippen molar-refractivity contribution < 1.29 is 9.53 Å². The minimum absolute atomic E-state index is 0.164. The monoisotopic (exact) mass is 391 g/mol. The summed E-state index contributed by atoms with van der Waals surface area (Å²) in [6.07, 6.45) is 1.06. The lowest BCUT2D eigenvalue weighted by Crippen LogP contribution is -2.24. The number of nitrogens with zero attached hydrogens (tertiary/aromatic N) is 2. The van der Waals surface area contributed by atoms with Gasteiger partial charge in [0.05, 0.1) is 18.4 Å². The van der Waals surface area contributed by atoms with Gasteiger partial charge in [0.2, 0.25) is 11.3 Å². The van der Waals surface area contributed by atoms with E-state index < -0.39 is 0 Å². The second-order valence-corrected chi connectivity index (χ2v) is 6.92. The number of aryl methyl sites for hydroxylation is 2. The van der Waals surface area contributed by atoms with E-state index in [4.69, 9.17) is 4.74 Å². The Hall–Kier alpha value is -3.41. The van der Waals surface area contributed by atoms with Gasteiger partial charge in [0.1, 0.15) is 17.3 Å². The quantitative estimate of drug-likeness (QED) is 0.681. The number of anilines is 1. The Morgan fingerprint density at radius 1 is 1.14 bits per heavy atom. The third-order valence-corrected chi connectivity index (χ3v) is 4.63. The fourth-order valence-electron chi connectivity index (χ4n) is 3.10. The molecule has 29 heavy (non-hydrogen) atoms. The van der Waals surface area contributed by atoms with Crippen molar-refractivity contribution in [3.05, 3.63) is 70.0 Å². The molecule has 0 fully saturated rings. The minimum Gasteiger partial charge on any atom is -0.497 e. The van der Waals surface area contributed by atoms with Crippen LogP contribution in [-0.2, 0) is 4.79 Å². The lowest BCUT2D eigenvalue weighted by Gasteiger charge is -2.18. The molecule has 0 radical (unpaired) electrons. The molecule has 2 aromatic carbocycles. The number of benzene rings is 2. The van der Waals surface area contributed by atoms with Crippen LogP contribution < -0.4 is 15.5 Å². The van der Waals surface area contributed by atoms with E-state index in [-0.39, 0.29) is 11.3 Å². The smallest absolute Gasteiger partial charge is 0.225 e. The van der Waals surface area contributed by atoms with Gasteiger partial charge in [0, 0.05) is 6.42 Å². The molecule has 0 aliphatic heterocycles. The molecular weight excluding hydrogens is 366 g/mol. The Kier molecular flexibility index (Phi) is 6.12. The Morgan fingerprint density at radius 2 is 1.86 bits per heavy atom. The van der Waals surface area contributed by atoms with Crippen LogP contribution in [-0.4, -0.2) is 22.8 Å². The van der Waals surface area contributed by atoms with E-state index in [1.54, 1.807) is 24.8 Å². The molecule has 3 aromatic rings. The number of rotatable bonds is 6. The Labute approximate surface area is 170 Å². The van der Waals surface area contributed by atoms with Gasteiger partial charge in [-0.05, 0) is 50.1 Å². The SMILES string of the molecule is CCCC(=O)Nc1c(-c2cccc(OC)c2)c(=O)c(C)nn1-c1ccc(C)cc1. The Bertz CT molecular complexity index is 1090. The molecule has 6 nitrogen and oxygen atoms in total. The van der Waals surface area contributed by atoms with Crippen molar-refractivity contribution in [1.29, 1.82) is 0 Å². The molecule has 3 rings (SSSR count). The molecule has 0 aliphatic rings. The third kappa shape index (κ3) is 4.37. The first kappa shape index (κ1) is 20.3. The zero-order valence-electron chi connectivity index (χ0n) is 17.2. The first-order chi connectivity index (χ1) is 13.9. The number of methoxy groups -OCH3 is 1.